The lowest BCUT2D eigenvalue weighted by atomic mass is 9.76. The van der Waals surface area contributed by atoms with Gasteiger partial charge in [-0.3, -0.25) is 4.79 Å². The van der Waals surface area contributed by atoms with E-state index in [0.717, 1.165) is 12.8 Å². The first-order valence-electron chi connectivity index (χ1n) is 11.0. The first-order valence-corrected chi connectivity index (χ1v) is 8.00. The molecule has 0 saturated heterocycles. The monoisotopic (exact) mass is 323 g/mol. The molecule has 1 aromatic carbocycles. The van der Waals surface area contributed by atoms with E-state index >= 15 is 0 Å². The molecule has 126 valence electrons. The highest BCUT2D eigenvalue weighted by Crippen LogP contribution is 2.33. The number of carboxylic acids is 1. The Kier molecular flexibility index (Phi) is 3.84. The van der Waals surface area contributed by atoms with Gasteiger partial charge in [-0.15, -0.1) is 0 Å². The van der Waals surface area contributed by atoms with Crippen molar-refractivity contribution in [2.75, 3.05) is 0 Å². The standard InChI is InChI=1S/C19H27NO3/c1-13(2)15-8-10-16(11-9-15)18(21)20-17(19(22)23)12-14-6-4-3-5-7-14/h3-7,13,15-17H,8-12H2,1-2H3,(H,20,21)(H,22,23)/t15-,16-,17?/i3D,4D,5D,6D,7D,17D. The lowest BCUT2D eigenvalue weighted by Gasteiger charge is -2.30. The first kappa shape index (κ1) is 10.8. The van der Waals surface area contributed by atoms with Gasteiger partial charge in [0.15, 0.2) is 0 Å². The fourth-order valence-electron chi connectivity index (χ4n) is 3.01. The molecule has 1 fully saturated rings. The van der Waals surface area contributed by atoms with Crippen LogP contribution in [0.3, 0.4) is 0 Å². The quantitative estimate of drug-likeness (QED) is 0.844. The molecule has 1 atom stereocenters. The fraction of sp³-hybridized carbons (Fsp3) is 0.579. The molecule has 0 bridgehead atoms. The van der Waals surface area contributed by atoms with Crippen LogP contribution >= 0.6 is 0 Å². The SMILES string of the molecule is [2H]c1c([2H])c([2H])c(CC([2H])(NC(=O)[C@H]2CC[C@H](C(C)C)CC2)C(=O)O)c([2H])c1[2H]. The van der Waals surface area contributed by atoms with Gasteiger partial charge in [0.05, 0.1) is 8.22 Å². The number of hydrogen-bond donors (Lipinski definition) is 2. The minimum Gasteiger partial charge on any atom is -0.480 e. The van der Waals surface area contributed by atoms with Crippen LogP contribution in [-0.2, 0) is 16.0 Å². The van der Waals surface area contributed by atoms with Crippen molar-refractivity contribution in [3.63, 3.8) is 0 Å². The number of amides is 1. The van der Waals surface area contributed by atoms with Gasteiger partial charge >= 0.3 is 5.97 Å². The minimum absolute atomic E-state index is 0.308. The van der Waals surface area contributed by atoms with Crippen molar-refractivity contribution in [3.8, 4) is 0 Å². The smallest absolute Gasteiger partial charge is 0.326 e. The second-order valence-electron chi connectivity index (χ2n) is 6.41. The molecule has 4 nitrogen and oxygen atoms in total. The topological polar surface area (TPSA) is 66.4 Å². The van der Waals surface area contributed by atoms with Crippen molar-refractivity contribution < 1.29 is 22.9 Å². The lowest BCUT2D eigenvalue weighted by molar-refractivity contribution is -0.142. The first-order chi connectivity index (χ1) is 13.4. The van der Waals surface area contributed by atoms with Crippen LogP contribution < -0.4 is 5.32 Å². The molecular formula is C19H27NO3. The normalized spacial score (nSPS) is 27.6. The van der Waals surface area contributed by atoms with Crippen LogP contribution in [0.2, 0.25) is 0 Å². The van der Waals surface area contributed by atoms with E-state index in [1.807, 2.05) is 0 Å². The number of benzene rings is 1. The summed E-state index contributed by atoms with van der Waals surface area (Å²) in [6.45, 7) is 4.26. The summed E-state index contributed by atoms with van der Waals surface area (Å²) in [5.74, 6) is -1.55. The van der Waals surface area contributed by atoms with Crippen molar-refractivity contribution in [2.24, 2.45) is 17.8 Å². The van der Waals surface area contributed by atoms with Crippen molar-refractivity contribution in [1.82, 2.24) is 5.32 Å². The third kappa shape index (κ3) is 5.08. The van der Waals surface area contributed by atoms with Crippen molar-refractivity contribution >= 4 is 11.9 Å². The van der Waals surface area contributed by atoms with Crippen LogP contribution in [0.25, 0.3) is 0 Å². The Bertz CT molecular complexity index is 779. The van der Waals surface area contributed by atoms with Gasteiger partial charge in [-0.1, -0.05) is 44.1 Å². The molecule has 2 rings (SSSR count). The second kappa shape index (κ2) is 8.14. The highest BCUT2D eigenvalue weighted by Gasteiger charge is 2.30. The third-order valence-corrected chi connectivity index (χ3v) is 4.52. The predicted molar refractivity (Wildman–Crippen MR) is 90.0 cm³/mol. The summed E-state index contributed by atoms with van der Waals surface area (Å²) in [6, 6.07) is -5.47. The van der Waals surface area contributed by atoms with Crippen LogP contribution in [0.5, 0.6) is 0 Å². The van der Waals surface area contributed by atoms with E-state index in [0.29, 0.717) is 24.7 Å². The number of aliphatic carboxylic acids is 1. The van der Waals surface area contributed by atoms with Crippen LogP contribution in [-0.4, -0.2) is 23.0 Å². The maximum atomic E-state index is 12.7. The molecule has 4 heteroatoms. The summed E-state index contributed by atoms with van der Waals surface area (Å²) in [5, 5.41) is 11.8. The van der Waals surface area contributed by atoms with E-state index in [2.05, 4.69) is 19.2 Å². The zero-order valence-corrected chi connectivity index (χ0v) is 13.5. The van der Waals surface area contributed by atoms with Gasteiger partial charge in [0, 0.05) is 12.3 Å². The maximum Gasteiger partial charge on any atom is 0.326 e. The lowest BCUT2D eigenvalue weighted by Crippen LogP contribution is -2.45. The molecule has 1 aromatic rings. The highest BCUT2D eigenvalue weighted by molar-refractivity contribution is 5.85. The molecule has 1 unspecified atom stereocenters. The van der Waals surface area contributed by atoms with Crippen molar-refractivity contribution in [3.05, 3.63) is 35.8 Å². The summed E-state index contributed by atoms with van der Waals surface area (Å²) in [4.78, 5) is 24.4. The molecule has 0 spiro atoms. The van der Waals surface area contributed by atoms with Crippen molar-refractivity contribution in [2.45, 2.75) is 52.0 Å². The van der Waals surface area contributed by atoms with Gasteiger partial charge in [0.25, 0.3) is 0 Å². The van der Waals surface area contributed by atoms with Gasteiger partial charge in [-0.2, -0.15) is 0 Å². The molecule has 0 heterocycles. The number of rotatable bonds is 6. The Morgan fingerprint density at radius 2 is 1.87 bits per heavy atom. The van der Waals surface area contributed by atoms with E-state index in [1.165, 1.54) is 0 Å². The Hall–Kier alpha value is -1.84. The molecule has 1 aliphatic carbocycles. The Morgan fingerprint density at radius 3 is 2.39 bits per heavy atom. The molecule has 0 aromatic heterocycles. The molecule has 0 aliphatic heterocycles. The van der Waals surface area contributed by atoms with Crippen LogP contribution in [0.1, 0.15) is 53.3 Å². The molecule has 1 saturated carbocycles. The number of carbonyl (C=O) groups is 2. The van der Waals surface area contributed by atoms with E-state index in [9.17, 15) is 14.7 Å². The molecule has 2 N–H and O–H groups in total. The number of carbonyl (C=O) groups excluding carboxylic acids is 1. The maximum absolute atomic E-state index is 12.7. The molecule has 1 amide bonds. The summed E-state index contributed by atoms with van der Waals surface area (Å²) in [5.41, 5.74) is -0.308. The van der Waals surface area contributed by atoms with Crippen LogP contribution in [0, 0.1) is 17.8 Å². The van der Waals surface area contributed by atoms with Crippen molar-refractivity contribution in [1.29, 1.82) is 0 Å². The average molecular weight is 323 g/mol. The summed E-state index contributed by atoms with van der Waals surface area (Å²) >= 11 is 0. The molecular weight excluding hydrogens is 290 g/mol. The zero-order chi connectivity index (χ0) is 22.1. The second-order valence-corrected chi connectivity index (χ2v) is 6.41. The van der Waals surface area contributed by atoms with Gasteiger partial charge in [0.1, 0.15) is 6.02 Å². The van der Waals surface area contributed by atoms with Crippen LogP contribution in [0.4, 0.5) is 0 Å². The van der Waals surface area contributed by atoms with E-state index in [4.69, 9.17) is 8.22 Å². The highest BCUT2D eigenvalue weighted by atomic mass is 16.4. The molecule has 23 heavy (non-hydrogen) atoms. The summed E-state index contributed by atoms with van der Waals surface area (Å²) in [7, 11) is 0. The average Bonchev–Trinajstić information content (AvgIpc) is 2.68. The largest absolute Gasteiger partial charge is 0.480 e. The zero-order valence-electron chi connectivity index (χ0n) is 19.5. The molecule has 1 aliphatic rings. The Balaban J connectivity index is 2.23. The van der Waals surface area contributed by atoms with Gasteiger partial charge in [-0.25, -0.2) is 4.79 Å². The third-order valence-electron chi connectivity index (χ3n) is 4.52. The van der Waals surface area contributed by atoms with E-state index in [1.54, 1.807) is 0 Å². The molecule has 0 radical (unpaired) electrons. The summed E-state index contributed by atoms with van der Waals surface area (Å²) < 4.78 is 47.2. The van der Waals surface area contributed by atoms with Gasteiger partial charge in [-0.05, 0) is 43.1 Å². The summed E-state index contributed by atoms with van der Waals surface area (Å²) in [6.07, 6.45) is 2.21. The van der Waals surface area contributed by atoms with E-state index < -0.39 is 60.4 Å². The van der Waals surface area contributed by atoms with E-state index in [-0.39, 0.29) is 5.56 Å². The fourth-order valence-corrected chi connectivity index (χ4v) is 3.01. The number of carboxylic acid groups (broad SMARTS) is 1. The minimum atomic E-state index is -2.53. The Morgan fingerprint density at radius 1 is 1.26 bits per heavy atom. The number of hydrogen-bond acceptors (Lipinski definition) is 2. The van der Waals surface area contributed by atoms with Gasteiger partial charge in [0.2, 0.25) is 5.91 Å². The number of nitrogens with one attached hydrogen (secondary N) is 1. The predicted octanol–water partition coefficient (Wildman–Crippen LogP) is 3.26. The Labute approximate surface area is 146 Å². The van der Waals surface area contributed by atoms with Gasteiger partial charge < -0.3 is 10.4 Å². The van der Waals surface area contributed by atoms with Crippen LogP contribution in [0.15, 0.2) is 30.2 Å².